The zero-order valence-corrected chi connectivity index (χ0v) is 12.0. The molecule has 22 heavy (non-hydrogen) atoms. The molecule has 0 spiro atoms. The van der Waals surface area contributed by atoms with E-state index in [2.05, 4.69) is 4.99 Å². The first-order valence-electron chi connectivity index (χ1n) is 6.76. The van der Waals surface area contributed by atoms with Gasteiger partial charge in [0, 0.05) is 11.4 Å². The normalized spacial score (nSPS) is 15.6. The van der Waals surface area contributed by atoms with Crippen LogP contribution in [0.5, 0.6) is 5.75 Å². The van der Waals surface area contributed by atoms with Gasteiger partial charge in [-0.3, -0.25) is 4.79 Å². The van der Waals surface area contributed by atoms with E-state index in [1.54, 1.807) is 6.07 Å². The van der Waals surface area contributed by atoms with Crippen molar-refractivity contribution in [3.8, 4) is 5.75 Å². The molecule has 0 saturated carbocycles. The van der Waals surface area contributed by atoms with Crippen LogP contribution >= 0.6 is 0 Å². The molecule has 5 heteroatoms. The first-order chi connectivity index (χ1) is 10.5. The van der Waals surface area contributed by atoms with Crippen molar-refractivity contribution in [3.63, 3.8) is 0 Å². The summed E-state index contributed by atoms with van der Waals surface area (Å²) in [7, 11) is 0. The van der Waals surface area contributed by atoms with Crippen LogP contribution in [0, 0.1) is 6.92 Å². The summed E-state index contributed by atoms with van der Waals surface area (Å²) >= 11 is 0. The molecule has 0 aliphatic heterocycles. The molecule has 1 aliphatic rings. The molecule has 0 radical (unpaired) electrons. The smallest absolute Gasteiger partial charge is 0.214 e. The van der Waals surface area contributed by atoms with Crippen molar-refractivity contribution in [2.24, 2.45) is 10.7 Å². The lowest BCUT2D eigenvalue weighted by atomic mass is 9.90. The van der Waals surface area contributed by atoms with E-state index in [-0.39, 0.29) is 39.8 Å². The lowest BCUT2D eigenvalue weighted by molar-refractivity contribution is 0.106. The number of hydrogen-bond acceptors (Lipinski definition) is 5. The van der Waals surface area contributed by atoms with E-state index in [9.17, 15) is 9.90 Å². The lowest BCUT2D eigenvalue weighted by Crippen LogP contribution is -2.23. The third-order valence-electron chi connectivity index (χ3n) is 3.51. The Morgan fingerprint density at radius 1 is 1.09 bits per heavy atom. The van der Waals surface area contributed by atoms with Gasteiger partial charge in [0.25, 0.3) is 0 Å². The number of allylic oxidation sites excluding steroid dienone is 1. The second kappa shape index (κ2) is 5.04. The van der Waals surface area contributed by atoms with Gasteiger partial charge >= 0.3 is 0 Å². The van der Waals surface area contributed by atoms with Crippen molar-refractivity contribution >= 4 is 28.6 Å². The first-order valence-corrected chi connectivity index (χ1v) is 6.76. The number of carbonyl (C=O) groups excluding carboxylic acids is 1. The molecule has 110 valence electrons. The zero-order chi connectivity index (χ0) is 15.9. The minimum atomic E-state index is -0.348. The van der Waals surface area contributed by atoms with Gasteiger partial charge in [-0.05, 0) is 42.8 Å². The SMILES string of the molecule is Cc1cccc(N=C2C=C(N)c3c(O)ccc(N)c3C2=O)c1. The molecular weight excluding hydrogens is 278 g/mol. The number of aromatic hydroxyl groups is 1. The van der Waals surface area contributed by atoms with Crippen LogP contribution in [0.1, 0.15) is 21.5 Å². The Morgan fingerprint density at radius 3 is 2.59 bits per heavy atom. The van der Waals surface area contributed by atoms with Gasteiger partial charge in [0.15, 0.2) is 0 Å². The maximum absolute atomic E-state index is 12.6. The van der Waals surface area contributed by atoms with Gasteiger partial charge in [-0.25, -0.2) is 4.99 Å². The number of anilines is 1. The molecular formula is C17H15N3O2. The molecule has 0 amide bonds. The molecule has 2 aromatic rings. The second-order valence-electron chi connectivity index (χ2n) is 5.19. The number of aryl methyl sites for hydroxylation is 1. The zero-order valence-electron chi connectivity index (χ0n) is 12.0. The monoisotopic (exact) mass is 293 g/mol. The Hall–Kier alpha value is -3.08. The average molecular weight is 293 g/mol. The van der Waals surface area contributed by atoms with Crippen molar-refractivity contribution in [1.29, 1.82) is 0 Å². The number of rotatable bonds is 1. The minimum Gasteiger partial charge on any atom is -0.507 e. The summed E-state index contributed by atoms with van der Waals surface area (Å²) in [6.07, 6.45) is 1.46. The minimum absolute atomic E-state index is 0.0686. The number of benzene rings is 2. The van der Waals surface area contributed by atoms with Gasteiger partial charge in [-0.2, -0.15) is 0 Å². The van der Waals surface area contributed by atoms with Crippen molar-refractivity contribution in [2.45, 2.75) is 6.92 Å². The number of hydrogen-bond donors (Lipinski definition) is 3. The molecule has 0 aromatic heterocycles. The highest BCUT2D eigenvalue weighted by Crippen LogP contribution is 2.34. The molecule has 1 aliphatic carbocycles. The summed E-state index contributed by atoms with van der Waals surface area (Å²) in [5.41, 5.74) is 14.8. The number of phenols is 1. The topological polar surface area (TPSA) is 102 Å². The van der Waals surface area contributed by atoms with Gasteiger partial charge < -0.3 is 16.6 Å². The van der Waals surface area contributed by atoms with Crippen LogP contribution in [-0.4, -0.2) is 16.6 Å². The predicted octanol–water partition coefficient (Wildman–Crippen LogP) is 2.55. The second-order valence-corrected chi connectivity index (χ2v) is 5.19. The summed E-state index contributed by atoms with van der Waals surface area (Å²) in [5, 5.41) is 9.91. The van der Waals surface area contributed by atoms with E-state index in [1.165, 1.54) is 18.2 Å². The van der Waals surface area contributed by atoms with Gasteiger partial charge in [0.1, 0.15) is 11.5 Å². The molecule has 5 nitrogen and oxygen atoms in total. The van der Waals surface area contributed by atoms with Crippen molar-refractivity contribution in [1.82, 2.24) is 0 Å². The largest absolute Gasteiger partial charge is 0.507 e. The van der Waals surface area contributed by atoms with Gasteiger partial charge in [0.05, 0.1) is 16.8 Å². The van der Waals surface area contributed by atoms with E-state index in [0.717, 1.165) is 5.56 Å². The van der Waals surface area contributed by atoms with Crippen molar-refractivity contribution in [2.75, 3.05) is 5.73 Å². The third kappa shape index (κ3) is 2.22. The Kier molecular flexibility index (Phi) is 3.18. The van der Waals surface area contributed by atoms with E-state index in [1.807, 2.05) is 25.1 Å². The lowest BCUT2D eigenvalue weighted by Gasteiger charge is -2.18. The number of nitrogen functional groups attached to an aromatic ring is 1. The highest BCUT2D eigenvalue weighted by molar-refractivity contribution is 6.54. The van der Waals surface area contributed by atoms with Gasteiger partial charge in [0.2, 0.25) is 5.78 Å². The van der Waals surface area contributed by atoms with Crippen molar-refractivity contribution in [3.05, 3.63) is 59.2 Å². The highest BCUT2D eigenvalue weighted by atomic mass is 16.3. The number of aliphatic imine (C=N–C) groups is 1. The number of fused-ring (bicyclic) bond motifs is 1. The maximum atomic E-state index is 12.6. The molecule has 0 saturated heterocycles. The number of nitrogens with two attached hydrogens (primary N) is 2. The van der Waals surface area contributed by atoms with Gasteiger partial charge in [-0.15, -0.1) is 0 Å². The average Bonchev–Trinajstić information content (AvgIpc) is 2.47. The summed E-state index contributed by atoms with van der Waals surface area (Å²) in [5.74, 6) is -0.417. The Morgan fingerprint density at radius 2 is 1.86 bits per heavy atom. The molecule has 2 aromatic carbocycles. The van der Waals surface area contributed by atoms with Crippen LogP contribution in [0.25, 0.3) is 5.70 Å². The molecule has 0 heterocycles. The fourth-order valence-corrected chi connectivity index (χ4v) is 2.48. The predicted molar refractivity (Wildman–Crippen MR) is 87.3 cm³/mol. The van der Waals surface area contributed by atoms with Crippen LogP contribution in [0.3, 0.4) is 0 Å². The van der Waals surface area contributed by atoms with Crippen LogP contribution in [0.15, 0.2) is 47.5 Å². The van der Waals surface area contributed by atoms with E-state index < -0.39 is 0 Å². The molecule has 0 unspecified atom stereocenters. The van der Waals surface area contributed by atoms with E-state index in [0.29, 0.717) is 5.69 Å². The van der Waals surface area contributed by atoms with Gasteiger partial charge in [-0.1, -0.05) is 12.1 Å². The summed E-state index contributed by atoms with van der Waals surface area (Å²) in [6, 6.07) is 10.4. The first kappa shape index (κ1) is 13.9. The van der Waals surface area contributed by atoms with Crippen molar-refractivity contribution < 1.29 is 9.90 Å². The molecule has 0 fully saturated rings. The maximum Gasteiger partial charge on any atom is 0.214 e. The Bertz CT molecular complexity index is 851. The Balaban J connectivity index is 2.17. The molecule has 5 N–H and O–H groups in total. The number of nitrogens with zero attached hydrogens (tertiary/aromatic N) is 1. The van der Waals surface area contributed by atoms with Crippen LogP contribution in [0.2, 0.25) is 0 Å². The Labute approximate surface area is 127 Å². The fourth-order valence-electron chi connectivity index (χ4n) is 2.48. The summed E-state index contributed by atoms with van der Waals surface area (Å²) in [4.78, 5) is 17.0. The molecule has 3 rings (SSSR count). The molecule has 0 atom stereocenters. The third-order valence-corrected chi connectivity index (χ3v) is 3.51. The highest BCUT2D eigenvalue weighted by Gasteiger charge is 2.27. The van der Waals surface area contributed by atoms with Crippen LogP contribution in [-0.2, 0) is 0 Å². The van der Waals surface area contributed by atoms with E-state index in [4.69, 9.17) is 11.5 Å². The number of Topliss-reactive ketones (excluding diaryl/α,β-unsaturated/α-hetero) is 1. The number of carbonyl (C=O) groups is 1. The number of ketones is 1. The van der Waals surface area contributed by atoms with Crippen LogP contribution < -0.4 is 11.5 Å². The molecule has 0 bridgehead atoms. The number of phenolic OH excluding ortho intramolecular Hbond substituents is 1. The summed E-state index contributed by atoms with van der Waals surface area (Å²) < 4.78 is 0. The quantitative estimate of drug-likeness (QED) is 0.555. The van der Waals surface area contributed by atoms with E-state index >= 15 is 0 Å². The van der Waals surface area contributed by atoms with Crippen LogP contribution in [0.4, 0.5) is 11.4 Å². The fraction of sp³-hybridized carbons (Fsp3) is 0.0588. The summed E-state index contributed by atoms with van der Waals surface area (Å²) in [6.45, 7) is 1.95. The standard InChI is InChI=1S/C17H15N3O2/c1-9-3-2-4-10(7-9)20-13-8-12(19)15-14(21)6-5-11(18)16(15)17(13)22/h2-8,21H,18-19H2,1H3.